The number of carbonyl (C=O) groups excluding carboxylic acids is 2. The second kappa shape index (κ2) is 9.00. The molecule has 5 aromatic carbocycles. The summed E-state index contributed by atoms with van der Waals surface area (Å²) in [6.45, 7) is 9.37. The normalized spacial score (nSPS) is 11.6. The van der Waals surface area contributed by atoms with Crippen LogP contribution in [0.1, 0.15) is 44.3 Å². The van der Waals surface area contributed by atoms with Crippen molar-refractivity contribution in [3.8, 4) is 0 Å². The van der Waals surface area contributed by atoms with Crippen molar-refractivity contribution in [3.63, 3.8) is 0 Å². The van der Waals surface area contributed by atoms with Crippen LogP contribution in [-0.2, 0) is 0 Å². The van der Waals surface area contributed by atoms with E-state index in [1.54, 1.807) is 31.2 Å². The SMILES string of the molecule is C=Cc1cc(C=O)c(C(=O)/C(C)=C\c2ccc3cc4c(ccc5ccccc54)cc3c2)cc1C=C. The summed E-state index contributed by atoms with van der Waals surface area (Å²) in [7, 11) is 0. The third kappa shape index (κ3) is 4.00. The fourth-order valence-electron chi connectivity index (χ4n) is 4.69. The van der Waals surface area contributed by atoms with Crippen LogP contribution in [0.3, 0.4) is 0 Å². The van der Waals surface area contributed by atoms with Crippen molar-refractivity contribution in [2.24, 2.45) is 0 Å². The lowest BCUT2D eigenvalue weighted by Crippen LogP contribution is -2.06. The lowest BCUT2D eigenvalue weighted by atomic mass is 9.93. The van der Waals surface area contributed by atoms with Gasteiger partial charge in [0.05, 0.1) is 0 Å². The van der Waals surface area contributed by atoms with Crippen molar-refractivity contribution in [2.75, 3.05) is 0 Å². The fraction of sp³-hybridized carbons (Fsp3) is 0.0303. The summed E-state index contributed by atoms with van der Waals surface area (Å²) in [5.74, 6) is -0.184. The summed E-state index contributed by atoms with van der Waals surface area (Å²) in [6, 6.07) is 26.7. The molecule has 2 heteroatoms. The van der Waals surface area contributed by atoms with Crippen molar-refractivity contribution in [1.82, 2.24) is 0 Å². The van der Waals surface area contributed by atoms with E-state index in [2.05, 4.69) is 73.8 Å². The van der Waals surface area contributed by atoms with E-state index in [-0.39, 0.29) is 5.78 Å². The van der Waals surface area contributed by atoms with Gasteiger partial charge in [0, 0.05) is 11.1 Å². The number of allylic oxidation sites excluding steroid dienone is 1. The van der Waals surface area contributed by atoms with Crippen LogP contribution in [0.2, 0.25) is 0 Å². The van der Waals surface area contributed by atoms with Crippen LogP contribution in [0.4, 0.5) is 0 Å². The molecule has 0 N–H and O–H groups in total. The molecule has 5 rings (SSSR count). The highest BCUT2D eigenvalue weighted by Crippen LogP contribution is 2.30. The summed E-state index contributed by atoms with van der Waals surface area (Å²) in [5.41, 5.74) is 3.75. The summed E-state index contributed by atoms with van der Waals surface area (Å²) in [5, 5.41) is 7.13. The maximum atomic E-state index is 13.3. The van der Waals surface area contributed by atoms with E-state index in [1.165, 1.54) is 21.5 Å². The number of hydrogen-bond donors (Lipinski definition) is 0. The molecule has 0 spiro atoms. The van der Waals surface area contributed by atoms with Crippen LogP contribution in [0.25, 0.3) is 50.5 Å². The number of Topliss-reactive ketones (excluding diaryl/α,β-unsaturated/α-hetero) is 1. The van der Waals surface area contributed by atoms with Crippen LogP contribution in [0.5, 0.6) is 0 Å². The lowest BCUT2D eigenvalue weighted by molar-refractivity contribution is 0.102. The van der Waals surface area contributed by atoms with Gasteiger partial charge in [0.2, 0.25) is 0 Å². The zero-order valence-electron chi connectivity index (χ0n) is 19.5. The molecular formula is C33H24O2. The van der Waals surface area contributed by atoms with E-state index >= 15 is 0 Å². The zero-order chi connectivity index (χ0) is 24.5. The summed E-state index contributed by atoms with van der Waals surface area (Å²) >= 11 is 0. The average Bonchev–Trinajstić information content (AvgIpc) is 2.90. The smallest absolute Gasteiger partial charge is 0.189 e. The molecule has 0 bridgehead atoms. The third-order valence-electron chi connectivity index (χ3n) is 6.53. The molecule has 0 atom stereocenters. The van der Waals surface area contributed by atoms with Gasteiger partial charge in [-0.15, -0.1) is 0 Å². The minimum absolute atomic E-state index is 0.184. The van der Waals surface area contributed by atoms with Crippen LogP contribution >= 0.6 is 0 Å². The third-order valence-corrected chi connectivity index (χ3v) is 6.53. The largest absolute Gasteiger partial charge is 0.298 e. The van der Waals surface area contributed by atoms with Gasteiger partial charge in [0.15, 0.2) is 12.1 Å². The second-order valence-corrected chi connectivity index (χ2v) is 8.72. The summed E-state index contributed by atoms with van der Waals surface area (Å²) in [6.07, 6.45) is 5.90. The maximum absolute atomic E-state index is 13.3. The molecule has 0 saturated carbocycles. The first-order valence-electron chi connectivity index (χ1n) is 11.5. The summed E-state index contributed by atoms with van der Waals surface area (Å²) in [4.78, 5) is 25.0. The molecule has 0 aromatic heterocycles. The Hall–Kier alpha value is -4.56. The van der Waals surface area contributed by atoms with Gasteiger partial charge < -0.3 is 0 Å². The van der Waals surface area contributed by atoms with Crippen molar-refractivity contribution in [3.05, 3.63) is 125 Å². The van der Waals surface area contributed by atoms with Crippen LogP contribution < -0.4 is 0 Å². The first-order chi connectivity index (χ1) is 17.0. The van der Waals surface area contributed by atoms with Crippen molar-refractivity contribution in [2.45, 2.75) is 6.92 Å². The predicted molar refractivity (Wildman–Crippen MR) is 149 cm³/mol. The molecule has 5 aromatic rings. The number of rotatable bonds is 6. The lowest BCUT2D eigenvalue weighted by Gasteiger charge is -2.10. The van der Waals surface area contributed by atoms with Gasteiger partial charge in [-0.1, -0.05) is 73.8 Å². The van der Waals surface area contributed by atoms with E-state index in [9.17, 15) is 9.59 Å². The van der Waals surface area contributed by atoms with Crippen LogP contribution in [-0.4, -0.2) is 12.1 Å². The quantitative estimate of drug-likeness (QED) is 0.0850. The molecule has 0 amide bonds. The highest BCUT2D eigenvalue weighted by molar-refractivity contribution is 6.15. The summed E-state index contributed by atoms with van der Waals surface area (Å²) < 4.78 is 0. The first-order valence-corrected chi connectivity index (χ1v) is 11.5. The molecule has 0 aliphatic heterocycles. The molecule has 2 nitrogen and oxygen atoms in total. The number of ketones is 1. The number of hydrogen-bond acceptors (Lipinski definition) is 2. The Bertz CT molecular complexity index is 1720. The van der Waals surface area contributed by atoms with Gasteiger partial charge >= 0.3 is 0 Å². The molecule has 0 unspecified atom stereocenters. The van der Waals surface area contributed by atoms with Crippen molar-refractivity contribution >= 4 is 62.6 Å². The first kappa shape index (κ1) is 22.2. The standard InChI is InChI=1S/C33H24O2/c1-4-23-16-29(20-34)32(18-24(23)5-2)33(35)21(3)14-22-10-11-26-19-31-27(17-28(26)15-22)13-12-25-8-6-7-9-30(25)31/h4-20H,1-2H2,3H3/b21-14-. The minimum Gasteiger partial charge on any atom is -0.298 e. The second-order valence-electron chi connectivity index (χ2n) is 8.72. The molecule has 0 aliphatic rings. The molecule has 0 fully saturated rings. The van der Waals surface area contributed by atoms with Gasteiger partial charge in [-0.25, -0.2) is 0 Å². The predicted octanol–water partition coefficient (Wildman–Crippen LogP) is 8.53. The number of aldehydes is 1. The van der Waals surface area contributed by atoms with E-state index < -0.39 is 0 Å². The van der Waals surface area contributed by atoms with Crippen LogP contribution in [0.15, 0.2) is 97.6 Å². The van der Waals surface area contributed by atoms with E-state index in [0.29, 0.717) is 23.0 Å². The highest BCUT2D eigenvalue weighted by Gasteiger charge is 2.15. The van der Waals surface area contributed by atoms with Crippen molar-refractivity contribution in [1.29, 1.82) is 0 Å². The van der Waals surface area contributed by atoms with Gasteiger partial charge in [0.1, 0.15) is 0 Å². The molecule has 0 saturated heterocycles. The Morgan fingerprint density at radius 3 is 2.17 bits per heavy atom. The molecular weight excluding hydrogens is 428 g/mol. The van der Waals surface area contributed by atoms with Gasteiger partial charge in [-0.3, -0.25) is 9.59 Å². The van der Waals surface area contributed by atoms with E-state index in [4.69, 9.17) is 0 Å². The molecule has 0 heterocycles. The molecule has 0 aliphatic carbocycles. The molecule has 35 heavy (non-hydrogen) atoms. The zero-order valence-corrected chi connectivity index (χ0v) is 19.5. The maximum Gasteiger partial charge on any atom is 0.189 e. The minimum atomic E-state index is -0.184. The number of carbonyl (C=O) groups is 2. The topological polar surface area (TPSA) is 34.1 Å². The Morgan fingerprint density at radius 2 is 1.40 bits per heavy atom. The van der Waals surface area contributed by atoms with Gasteiger partial charge in [0.25, 0.3) is 0 Å². The Balaban J connectivity index is 1.56. The number of fused-ring (bicyclic) bond motifs is 4. The monoisotopic (exact) mass is 452 g/mol. The Labute approximate surface area is 204 Å². The highest BCUT2D eigenvalue weighted by atomic mass is 16.1. The van der Waals surface area contributed by atoms with E-state index in [0.717, 1.165) is 27.5 Å². The van der Waals surface area contributed by atoms with Gasteiger partial charge in [-0.05, 0) is 97.9 Å². The fourth-order valence-corrected chi connectivity index (χ4v) is 4.69. The van der Waals surface area contributed by atoms with Gasteiger partial charge in [-0.2, -0.15) is 0 Å². The average molecular weight is 453 g/mol. The van der Waals surface area contributed by atoms with Crippen LogP contribution in [0, 0.1) is 0 Å². The van der Waals surface area contributed by atoms with Crippen molar-refractivity contribution < 1.29 is 9.59 Å². The number of benzene rings is 5. The Morgan fingerprint density at radius 1 is 0.686 bits per heavy atom. The Kier molecular flexibility index (Phi) is 5.72. The molecule has 0 radical (unpaired) electrons. The van der Waals surface area contributed by atoms with E-state index in [1.807, 2.05) is 12.1 Å². The molecule has 168 valence electrons.